The zero-order chi connectivity index (χ0) is 15.6. The highest BCUT2D eigenvalue weighted by molar-refractivity contribution is 7.89. The minimum Gasteiger partial charge on any atom is -0.398 e. The molecule has 0 saturated heterocycles. The number of anilines is 1. The minimum absolute atomic E-state index is 0.226. The van der Waals surface area contributed by atoms with Gasteiger partial charge in [-0.25, -0.2) is 13.1 Å². The lowest BCUT2D eigenvalue weighted by Gasteiger charge is -2.13. The Morgan fingerprint density at radius 3 is 2.62 bits per heavy atom. The number of hydrogen-bond donors (Lipinski definition) is 2. The lowest BCUT2D eigenvalue weighted by molar-refractivity contribution is 0.580. The average Bonchev–Trinajstić information content (AvgIpc) is 2.42. The van der Waals surface area contributed by atoms with Crippen molar-refractivity contribution in [3.8, 4) is 0 Å². The van der Waals surface area contributed by atoms with Crippen LogP contribution in [0, 0.1) is 20.8 Å². The van der Waals surface area contributed by atoms with Gasteiger partial charge in [-0.3, -0.25) is 4.98 Å². The van der Waals surface area contributed by atoms with Crippen LogP contribution in [0.25, 0.3) is 0 Å². The molecule has 0 aliphatic rings. The number of nitrogens with zero attached hydrogens (tertiary/aromatic N) is 1. The van der Waals surface area contributed by atoms with E-state index in [1.165, 1.54) is 0 Å². The predicted octanol–water partition coefficient (Wildman–Crippen LogP) is 2.07. The summed E-state index contributed by atoms with van der Waals surface area (Å²) in [7, 11) is -3.60. The molecule has 2 rings (SSSR count). The highest BCUT2D eigenvalue weighted by Crippen LogP contribution is 2.23. The van der Waals surface area contributed by atoms with Crippen LogP contribution in [-0.2, 0) is 16.6 Å². The number of sulfonamides is 1. The van der Waals surface area contributed by atoms with Crippen LogP contribution in [0.3, 0.4) is 0 Å². The molecule has 1 heterocycles. The molecule has 6 heteroatoms. The van der Waals surface area contributed by atoms with Gasteiger partial charge in [0.05, 0.1) is 4.90 Å². The van der Waals surface area contributed by atoms with Crippen LogP contribution in [0.1, 0.15) is 22.3 Å². The molecule has 21 heavy (non-hydrogen) atoms. The molecule has 0 spiro atoms. The van der Waals surface area contributed by atoms with Crippen molar-refractivity contribution in [2.24, 2.45) is 0 Å². The van der Waals surface area contributed by atoms with Crippen molar-refractivity contribution in [1.29, 1.82) is 0 Å². The lowest BCUT2D eigenvalue weighted by Crippen LogP contribution is -2.24. The van der Waals surface area contributed by atoms with Crippen molar-refractivity contribution in [2.45, 2.75) is 32.2 Å². The van der Waals surface area contributed by atoms with Crippen molar-refractivity contribution in [2.75, 3.05) is 5.73 Å². The molecular formula is C15H19N3O2S. The Morgan fingerprint density at radius 1 is 1.24 bits per heavy atom. The minimum atomic E-state index is -3.60. The normalized spacial score (nSPS) is 11.6. The first-order valence-electron chi connectivity index (χ1n) is 6.57. The van der Waals surface area contributed by atoms with Gasteiger partial charge in [-0.15, -0.1) is 0 Å². The first-order valence-corrected chi connectivity index (χ1v) is 8.05. The molecule has 112 valence electrons. The summed E-state index contributed by atoms with van der Waals surface area (Å²) in [4.78, 5) is 4.22. The molecule has 1 aromatic heterocycles. The lowest BCUT2D eigenvalue weighted by atomic mass is 10.1. The van der Waals surface area contributed by atoms with Crippen LogP contribution in [-0.4, -0.2) is 13.4 Å². The Balaban J connectivity index is 2.30. The first-order chi connectivity index (χ1) is 9.81. The number of rotatable bonds is 4. The molecule has 0 fully saturated rings. The second-order valence-electron chi connectivity index (χ2n) is 5.10. The summed E-state index contributed by atoms with van der Waals surface area (Å²) < 4.78 is 27.5. The fourth-order valence-electron chi connectivity index (χ4n) is 2.08. The molecular weight excluding hydrogens is 286 g/mol. The third-order valence-electron chi connectivity index (χ3n) is 3.42. The van der Waals surface area contributed by atoms with E-state index < -0.39 is 10.0 Å². The monoisotopic (exact) mass is 305 g/mol. The summed E-state index contributed by atoms with van der Waals surface area (Å²) in [6.07, 6.45) is 3.35. The van der Waals surface area contributed by atoms with E-state index in [4.69, 9.17) is 5.73 Å². The van der Waals surface area contributed by atoms with Crippen LogP contribution in [0.2, 0.25) is 0 Å². The predicted molar refractivity (Wildman–Crippen MR) is 83.3 cm³/mol. The third kappa shape index (κ3) is 3.40. The first kappa shape index (κ1) is 15.5. The van der Waals surface area contributed by atoms with Gasteiger partial charge in [0.15, 0.2) is 0 Å². The van der Waals surface area contributed by atoms with Crippen LogP contribution in [0.15, 0.2) is 35.5 Å². The Bertz CT molecular complexity index is 770. The van der Waals surface area contributed by atoms with Gasteiger partial charge < -0.3 is 5.73 Å². The zero-order valence-corrected chi connectivity index (χ0v) is 13.2. The van der Waals surface area contributed by atoms with Gasteiger partial charge >= 0.3 is 0 Å². The van der Waals surface area contributed by atoms with Gasteiger partial charge in [0.1, 0.15) is 0 Å². The summed E-state index contributed by atoms with van der Waals surface area (Å²) in [5.74, 6) is 0. The van der Waals surface area contributed by atoms with Crippen LogP contribution >= 0.6 is 0 Å². The number of aromatic nitrogens is 1. The van der Waals surface area contributed by atoms with Crippen molar-refractivity contribution in [1.82, 2.24) is 9.71 Å². The van der Waals surface area contributed by atoms with Gasteiger partial charge in [-0.1, -0.05) is 0 Å². The van der Waals surface area contributed by atoms with E-state index in [9.17, 15) is 8.42 Å². The molecule has 0 bridgehead atoms. The van der Waals surface area contributed by atoms with Gasteiger partial charge in [0.2, 0.25) is 10.0 Å². The van der Waals surface area contributed by atoms with E-state index >= 15 is 0 Å². The fraction of sp³-hybridized carbons (Fsp3) is 0.267. The molecule has 3 N–H and O–H groups in total. The van der Waals surface area contributed by atoms with Crippen molar-refractivity contribution >= 4 is 15.7 Å². The highest BCUT2D eigenvalue weighted by Gasteiger charge is 2.18. The molecule has 1 aromatic carbocycles. The van der Waals surface area contributed by atoms with Gasteiger partial charge in [0.25, 0.3) is 0 Å². The number of pyridine rings is 1. The van der Waals surface area contributed by atoms with Gasteiger partial charge in [-0.2, -0.15) is 0 Å². The van der Waals surface area contributed by atoms with Crippen molar-refractivity contribution in [3.63, 3.8) is 0 Å². The second-order valence-corrected chi connectivity index (χ2v) is 6.84. The summed E-state index contributed by atoms with van der Waals surface area (Å²) in [5.41, 5.74) is 9.56. The summed E-state index contributed by atoms with van der Waals surface area (Å²) in [6, 6.07) is 5.20. The molecule has 0 amide bonds. The quantitative estimate of drug-likeness (QED) is 0.847. The number of nitrogen functional groups attached to an aromatic ring is 1. The number of aryl methyl sites for hydroxylation is 2. The largest absolute Gasteiger partial charge is 0.398 e. The smallest absolute Gasteiger partial charge is 0.241 e. The van der Waals surface area contributed by atoms with E-state index in [2.05, 4.69) is 9.71 Å². The van der Waals surface area contributed by atoms with Crippen LogP contribution in [0.4, 0.5) is 5.69 Å². The van der Waals surface area contributed by atoms with Gasteiger partial charge in [0, 0.05) is 24.6 Å². The van der Waals surface area contributed by atoms with Crippen molar-refractivity contribution in [3.05, 3.63) is 52.8 Å². The maximum atomic E-state index is 12.5. The molecule has 0 atom stereocenters. The second kappa shape index (κ2) is 5.83. The van der Waals surface area contributed by atoms with Gasteiger partial charge in [-0.05, 0) is 61.2 Å². The van der Waals surface area contributed by atoms with E-state index in [1.807, 2.05) is 13.8 Å². The summed E-state index contributed by atoms with van der Waals surface area (Å²) in [6.45, 7) is 5.65. The highest BCUT2D eigenvalue weighted by atomic mass is 32.2. The maximum absolute atomic E-state index is 12.5. The SMILES string of the molecule is Cc1cc(N)c(C)c(S(=O)(=O)NCc2ccncc2C)c1. The zero-order valence-electron chi connectivity index (χ0n) is 12.3. The third-order valence-corrected chi connectivity index (χ3v) is 4.95. The van der Waals surface area contributed by atoms with E-state index in [1.54, 1.807) is 37.5 Å². The Morgan fingerprint density at radius 2 is 1.95 bits per heavy atom. The summed E-state index contributed by atoms with van der Waals surface area (Å²) in [5, 5.41) is 0. The van der Waals surface area contributed by atoms with Crippen molar-refractivity contribution < 1.29 is 8.42 Å². The number of benzene rings is 1. The molecule has 0 aliphatic carbocycles. The fourth-order valence-corrected chi connectivity index (χ4v) is 3.45. The average molecular weight is 305 g/mol. The number of nitrogens with two attached hydrogens (primary N) is 1. The molecule has 0 unspecified atom stereocenters. The Labute approximate surface area is 125 Å². The van der Waals surface area contributed by atoms with E-state index in [0.29, 0.717) is 11.3 Å². The molecule has 0 saturated carbocycles. The number of nitrogens with one attached hydrogen (secondary N) is 1. The molecule has 0 aliphatic heterocycles. The standard InChI is InChI=1S/C15H19N3O2S/c1-10-6-14(16)12(3)15(7-10)21(19,20)18-9-13-4-5-17-8-11(13)2/h4-8,18H,9,16H2,1-3H3. The van der Waals surface area contributed by atoms with E-state index in [0.717, 1.165) is 16.7 Å². The maximum Gasteiger partial charge on any atom is 0.241 e. The Kier molecular flexibility index (Phi) is 4.29. The summed E-state index contributed by atoms with van der Waals surface area (Å²) >= 11 is 0. The molecule has 0 radical (unpaired) electrons. The number of hydrogen-bond acceptors (Lipinski definition) is 4. The Hall–Kier alpha value is -1.92. The topological polar surface area (TPSA) is 85.1 Å². The van der Waals surface area contributed by atoms with Crippen LogP contribution < -0.4 is 10.5 Å². The van der Waals surface area contributed by atoms with E-state index in [-0.39, 0.29) is 11.4 Å². The molecule has 2 aromatic rings. The van der Waals surface area contributed by atoms with Crippen LogP contribution in [0.5, 0.6) is 0 Å². The molecule has 5 nitrogen and oxygen atoms in total.